The topological polar surface area (TPSA) is 111 Å². The monoisotopic (exact) mass is 318 g/mol. The van der Waals surface area contributed by atoms with Gasteiger partial charge in [0.2, 0.25) is 0 Å². The van der Waals surface area contributed by atoms with Crippen LogP contribution in [0.4, 0.5) is 0 Å². The van der Waals surface area contributed by atoms with Crippen LogP contribution < -0.4 is 11.0 Å². The average molecular weight is 318 g/mol. The van der Waals surface area contributed by atoms with Gasteiger partial charge in [0.15, 0.2) is 5.82 Å². The number of H-pyrrole nitrogens is 2. The van der Waals surface area contributed by atoms with Crippen LogP contribution in [0.5, 0.6) is 0 Å². The van der Waals surface area contributed by atoms with E-state index in [1.807, 2.05) is 12.1 Å². The van der Waals surface area contributed by atoms with Gasteiger partial charge in [0.05, 0.1) is 11.6 Å². The first-order chi connectivity index (χ1) is 10.7. The Morgan fingerprint density at radius 2 is 2.17 bits per heavy atom. The van der Waals surface area contributed by atoms with Gasteiger partial charge in [-0.05, 0) is 51.3 Å². The van der Waals surface area contributed by atoms with Crippen molar-refractivity contribution in [1.82, 2.24) is 20.5 Å². The molecule has 7 nitrogen and oxygen atoms in total. The molecule has 1 atom stereocenters. The zero-order valence-electron chi connectivity index (χ0n) is 13.5. The third-order valence-electron chi connectivity index (χ3n) is 3.49. The summed E-state index contributed by atoms with van der Waals surface area (Å²) >= 11 is 0. The van der Waals surface area contributed by atoms with E-state index in [0.717, 1.165) is 5.56 Å². The lowest BCUT2D eigenvalue weighted by Crippen LogP contribution is -2.27. The number of benzene rings is 1. The molecule has 1 heterocycles. The molecule has 2 rings (SSSR count). The molecular formula is C16H22N4O3. The van der Waals surface area contributed by atoms with Crippen molar-refractivity contribution >= 4 is 5.91 Å². The van der Waals surface area contributed by atoms with E-state index in [-0.39, 0.29) is 5.91 Å². The smallest absolute Gasteiger partial charge is 0.340 e. The first-order valence-electron chi connectivity index (χ1n) is 7.51. The van der Waals surface area contributed by atoms with Crippen molar-refractivity contribution in [3.63, 3.8) is 0 Å². The maximum atomic E-state index is 12.3. The Morgan fingerprint density at radius 1 is 1.43 bits per heavy atom. The van der Waals surface area contributed by atoms with Crippen molar-refractivity contribution in [2.75, 3.05) is 0 Å². The molecule has 1 aromatic carbocycles. The second-order valence-corrected chi connectivity index (χ2v) is 6.27. The Bertz CT molecular complexity index is 727. The van der Waals surface area contributed by atoms with Gasteiger partial charge in [-0.2, -0.15) is 5.10 Å². The maximum Gasteiger partial charge on any atom is 0.340 e. The number of hydrogen-bond acceptors (Lipinski definition) is 4. The minimum absolute atomic E-state index is 0.244. The fourth-order valence-corrected chi connectivity index (χ4v) is 2.15. The molecule has 0 bridgehead atoms. The van der Waals surface area contributed by atoms with Gasteiger partial charge in [0, 0.05) is 5.56 Å². The van der Waals surface area contributed by atoms with Crippen molar-refractivity contribution < 1.29 is 9.90 Å². The molecule has 7 heteroatoms. The number of nitrogens with one attached hydrogen (secondary N) is 3. The van der Waals surface area contributed by atoms with E-state index in [4.69, 9.17) is 0 Å². The molecule has 0 unspecified atom stereocenters. The summed E-state index contributed by atoms with van der Waals surface area (Å²) in [7, 11) is 0. The summed E-state index contributed by atoms with van der Waals surface area (Å²) < 4.78 is 0. The highest BCUT2D eigenvalue weighted by atomic mass is 16.3. The number of aromatic amines is 2. The van der Waals surface area contributed by atoms with Crippen molar-refractivity contribution in [3.8, 4) is 0 Å². The van der Waals surface area contributed by atoms with Crippen LogP contribution in [0.15, 0.2) is 29.1 Å². The number of hydrogen-bond donors (Lipinski definition) is 4. The van der Waals surface area contributed by atoms with Gasteiger partial charge < -0.3 is 10.4 Å². The number of aryl methyl sites for hydroxylation is 1. The van der Waals surface area contributed by atoms with E-state index in [2.05, 4.69) is 20.5 Å². The highest BCUT2D eigenvalue weighted by molar-refractivity contribution is 5.94. The first-order valence-corrected chi connectivity index (χ1v) is 7.51. The van der Waals surface area contributed by atoms with E-state index in [9.17, 15) is 14.7 Å². The number of nitrogens with zero attached hydrogens (tertiary/aromatic N) is 1. The molecule has 2 aromatic rings. The molecule has 4 N–H and O–H groups in total. The van der Waals surface area contributed by atoms with Crippen molar-refractivity contribution in [2.24, 2.45) is 0 Å². The van der Waals surface area contributed by atoms with E-state index >= 15 is 0 Å². The van der Waals surface area contributed by atoms with Crippen LogP contribution in [0.25, 0.3) is 0 Å². The van der Waals surface area contributed by atoms with Gasteiger partial charge in [-0.3, -0.25) is 9.78 Å². The van der Waals surface area contributed by atoms with Gasteiger partial charge in [-0.25, -0.2) is 9.89 Å². The predicted molar refractivity (Wildman–Crippen MR) is 86.2 cm³/mol. The minimum atomic E-state index is -0.737. The average Bonchev–Trinajstić information content (AvgIpc) is 2.91. The number of amides is 1. The fourth-order valence-electron chi connectivity index (χ4n) is 2.15. The lowest BCUT2D eigenvalue weighted by atomic mass is 9.98. The molecule has 0 aliphatic carbocycles. The summed E-state index contributed by atoms with van der Waals surface area (Å²) in [5, 5.41) is 18.6. The standard InChI is InChI=1S/C16H22N4O3/c1-10(13-18-15(22)20-19-13)17-14(21)12-6-4-5-11(9-12)7-8-16(2,3)23/h4-6,9-10,23H,7-8H2,1-3H3,(H,17,21)(H2,18,19,20,22)/t10-/m0/s1. The summed E-state index contributed by atoms with van der Waals surface area (Å²) in [6.45, 7) is 5.26. The van der Waals surface area contributed by atoms with Gasteiger partial charge in [0.25, 0.3) is 5.91 Å². The van der Waals surface area contributed by atoms with Crippen LogP contribution in [-0.2, 0) is 6.42 Å². The molecule has 1 amide bonds. The Labute approximate surface area is 134 Å². The Hall–Kier alpha value is -2.41. The lowest BCUT2D eigenvalue weighted by molar-refractivity contribution is 0.0714. The van der Waals surface area contributed by atoms with Gasteiger partial charge in [-0.15, -0.1) is 0 Å². The molecule has 1 aromatic heterocycles. The first kappa shape index (κ1) is 17.0. The van der Waals surface area contributed by atoms with E-state index in [0.29, 0.717) is 24.2 Å². The Kier molecular flexibility index (Phi) is 5.00. The lowest BCUT2D eigenvalue weighted by Gasteiger charge is -2.17. The third kappa shape index (κ3) is 5.07. The predicted octanol–water partition coefficient (Wildman–Crippen LogP) is 1.29. The molecule has 0 spiro atoms. The fraction of sp³-hybridized carbons (Fsp3) is 0.438. The van der Waals surface area contributed by atoms with Crippen molar-refractivity contribution in [1.29, 1.82) is 0 Å². The SMILES string of the molecule is C[C@H](NC(=O)c1cccc(CCC(C)(C)O)c1)c1n[nH]c(=O)[nH]1. The van der Waals surface area contributed by atoms with Gasteiger partial charge in [0.1, 0.15) is 0 Å². The summed E-state index contributed by atoms with van der Waals surface area (Å²) in [4.78, 5) is 25.9. The van der Waals surface area contributed by atoms with Crippen molar-refractivity contribution in [2.45, 2.75) is 45.3 Å². The molecule has 0 fully saturated rings. The van der Waals surface area contributed by atoms with E-state index in [1.54, 1.807) is 32.9 Å². The summed E-state index contributed by atoms with van der Waals surface area (Å²) in [5.41, 5.74) is 0.372. The van der Waals surface area contributed by atoms with E-state index < -0.39 is 17.3 Å². The molecule has 0 aliphatic rings. The normalized spacial score (nSPS) is 12.9. The highest BCUT2D eigenvalue weighted by Gasteiger charge is 2.16. The van der Waals surface area contributed by atoms with Crippen LogP contribution >= 0.6 is 0 Å². The summed E-state index contributed by atoms with van der Waals surface area (Å²) in [6, 6.07) is 6.86. The second-order valence-electron chi connectivity index (χ2n) is 6.27. The van der Waals surface area contributed by atoms with Crippen LogP contribution in [0.2, 0.25) is 0 Å². The molecule has 0 aliphatic heterocycles. The number of rotatable bonds is 6. The maximum absolute atomic E-state index is 12.3. The van der Waals surface area contributed by atoms with Gasteiger partial charge >= 0.3 is 5.69 Å². The second kappa shape index (κ2) is 6.78. The summed E-state index contributed by atoms with van der Waals surface area (Å²) in [5.74, 6) is 0.132. The Balaban J connectivity index is 2.03. The molecule has 0 saturated carbocycles. The number of aromatic nitrogens is 3. The zero-order chi connectivity index (χ0) is 17.0. The van der Waals surface area contributed by atoms with Crippen LogP contribution in [0, 0.1) is 0 Å². The molecule has 0 saturated heterocycles. The number of aliphatic hydroxyl groups is 1. The zero-order valence-corrected chi connectivity index (χ0v) is 13.5. The van der Waals surface area contributed by atoms with Crippen LogP contribution in [0.3, 0.4) is 0 Å². The molecule has 124 valence electrons. The van der Waals surface area contributed by atoms with E-state index in [1.165, 1.54) is 0 Å². The molecule has 23 heavy (non-hydrogen) atoms. The Morgan fingerprint density at radius 3 is 2.78 bits per heavy atom. The van der Waals surface area contributed by atoms with Gasteiger partial charge in [-0.1, -0.05) is 12.1 Å². The third-order valence-corrected chi connectivity index (χ3v) is 3.49. The number of carbonyl (C=O) groups is 1. The van der Waals surface area contributed by atoms with Crippen LogP contribution in [-0.4, -0.2) is 31.8 Å². The highest BCUT2D eigenvalue weighted by Crippen LogP contribution is 2.15. The quantitative estimate of drug-likeness (QED) is 0.643. The minimum Gasteiger partial charge on any atom is -0.390 e. The largest absolute Gasteiger partial charge is 0.390 e. The van der Waals surface area contributed by atoms with Crippen molar-refractivity contribution in [3.05, 3.63) is 51.7 Å². The molecule has 0 radical (unpaired) electrons. The number of carbonyl (C=O) groups excluding carboxylic acids is 1. The van der Waals surface area contributed by atoms with Crippen LogP contribution in [0.1, 0.15) is 55.0 Å². The summed E-state index contributed by atoms with van der Waals surface area (Å²) in [6.07, 6.45) is 1.30. The molecular weight excluding hydrogens is 296 g/mol.